The summed E-state index contributed by atoms with van der Waals surface area (Å²) < 4.78 is 6.08. The topological polar surface area (TPSA) is 99.9 Å². The number of hydrogen-bond donors (Lipinski definition) is 2. The van der Waals surface area contributed by atoms with Crippen LogP contribution < -0.4 is 16.0 Å². The molecule has 0 spiro atoms. The minimum Gasteiger partial charge on any atom is -0.497 e. The van der Waals surface area contributed by atoms with E-state index in [1.807, 2.05) is 19.0 Å². The molecule has 8 heteroatoms. The molecule has 0 aliphatic rings. The van der Waals surface area contributed by atoms with Crippen LogP contribution in [0.3, 0.4) is 0 Å². The Bertz CT molecular complexity index is 850. The Kier molecular flexibility index (Phi) is 6.13. The van der Waals surface area contributed by atoms with Gasteiger partial charge in [0.05, 0.1) is 12.8 Å². The fraction of sp³-hybridized carbons (Fsp3) is 0.353. The SMILES string of the molecule is COc1ccc(-n2c(O)c(C=NCCCN(C)C)c(=O)[nH]c2=O)cc1. The zero-order valence-corrected chi connectivity index (χ0v) is 14.5. The first kappa shape index (κ1) is 18.5. The summed E-state index contributed by atoms with van der Waals surface area (Å²) in [6.45, 7) is 1.38. The van der Waals surface area contributed by atoms with Gasteiger partial charge in [0, 0.05) is 12.8 Å². The van der Waals surface area contributed by atoms with Crippen molar-refractivity contribution in [2.45, 2.75) is 6.42 Å². The second-order valence-electron chi connectivity index (χ2n) is 5.72. The number of nitrogens with zero attached hydrogens (tertiary/aromatic N) is 3. The minimum atomic E-state index is -0.725. The Morgan fingerprint density at radius 2 is 1.96 bits per heavy atom. The van der Waals surface area contributed by atoms with Crippen LogP contribution in [0.15, 0.2) is 38.8 Å². The molecule has 134 valence electrons. The Labute approximate surface area is 145 Å². The number of ether oxygens (including phenoxy) is 1. The second kappa shape index (κ2) is 8.29. The number of benzene rings is 1. The van der Waals surface area contributed by atoms with Crippen molar-refractivity contribution in [3.63, 3.8) is 0 Å². The molecule has 1 aromatic heterocycles. The van der Waals surface area contributed by atoms with E-state index in [-0.39, 0.29) is 5.56 Å². The number of aromatic hydroxyl groups is 1. The van der Waals surface area contributed by atoms with E-state index in [1.54, 1.807) is 24.3 Å². The van der Waals surface area contributed by atoms with Crippen molar-refractivity contribution in [1.82, 2.24) is 14.5 Å². The van der Waals surface area contributed by atoms with Crippen molar-refractivity contribution in [1.29, 1.82) is 0 Å². The molecule has 1 aromatic carbocycles. The van der Waals surface area contributed by atoms with E-state index < -0.39 is 17.1 Å². The molecule has 0 amide bonds. The van der Waals surface area contributed by atoms with Crippen LogP contribution in [0.2, 0.25) is 0 Å². The molecule has 0 atom stereocenters. The molecule has 25 heavy (non-hydrogen) atoms. The number of aromatic amines is 1. The molecule has 0 radical (unpaired) electrons. The van der Waals surface area contributed by atoms with Crippen molar-refractivity contribution < 1.29 is 9.84 Å². The molecule has 2 aromatic rings. The predicted molar refractivity (Wildman–Crippen MR) is 96.5 cm³/mol. The Morgan fingerprint density at radius 1 is 1.28 bits per heavy atom. The van der Waals surface area contributed by atoms with E-state index in [0.717, 1.165) is 17.5 Å². The molecule has 0 aliphatic heterocycles. The molecule has 2 N–H and O–H groups in total. The molecule has 2 rings (SSSR count). The average Bonchev–Trinajstić information content (AvgIpc) is 2.57. The standard InChI is InChI=1S/C17H22N4O4/c1-20(2)10-4-9-18-11-14-15(22)19-17(24)21(16(14)23)12-5-7-13(25-3)8-6-12/h5-8,11,23H,4,9-10H2,1-3H3,(H,19,22,24). The van der Waals surface area contributed by atoms with E-state index in [0.29, 0.717) is 18.0 Å². The lowest BCUT2D eigenvalue weighted by Crippen LogP contribution is -2.31. The summed E-state index contributed by atoms with van der Waals surface area (Å²) >= 11 is 0. The Morgan fingerprint density at radius 3 is 2.56 bits per heavy atom. The van der Waals surface area contributed by atoms with Crippen LogP contribution in [-0.2, 0) is 0 Å². The largest absolute Gasteiger partial charge is 0.497 e. The van der Waals surface area contributed by atoms with Gasteiger partial charge in [-0.25, -0.2) is 9.36 Å². The van der Waals surface area contributed by atoms with E-state index in [2.05, 4.69) is 9.98 Å². The monoisotopic (exact) mass is 346 g/mol. The first-order valence-corrected chi connectivity index (χ1v) is 7.81. The summed E-state index contributed by atoms with van der Waals surface area (Å²) in [4.78, 5) is 32.4. The lowest BCUT2D eigenvalue weighted by Gasteiger charge is -2.10. The van der Waals surface area contributed by atoms with Gasteiger partial charge in [0.25, 0.3) is 5.56 Å². The first-order chi connectivity index (χ1) is 11.9. The predicted octanol–water partition coefficient (Wildman–Crippen LogP) is 0.611. The lowest BCUT2D eigenvalue weighted by molar-refractivity contribution is 0.403. The van der Waals surface area contributed by atoms with Crippen molar-refractivity contribution in [3.05, 3.63) is 50.7 Å². The van der Waals surface area contributed by atoms with Gasteiger partial charge in [0.2, 0.25) is 5.88 Å². The van der Waals surface area contributed by atoms with E-state index >= 15 is 0 Å². The number of methoxy groups -OCH3 is 1. The fourth-order valence-corrected chi connectivity index (χ4v) is 2.26. The Hall–Kier alpha value is -2.87. The van der Waals surface area contributed by atoms with Crippen LogP contribution in [0.5, 0.6) is 11.6 Å². The Balaban J connectivity index is 2.34. The summed E-state index contributed by atoms with van der Waals surface area (Å²) in [6, 6.07) is 6.52. The van der Waals surface area contributed by atoms with Gasteiger partial charge in [-0.2, -0.15) is 0 Å². The van der Waals surface area contributed by atoms with Crippen LogP contribution in [0, 0.1) is 0 Å². The normalized spacial score (nSPS) is 11.4. The first-order valence-electron chi connectivity index (χ1n) is 7.81. The van der Waals surface area contributed by atoms with Gasteiger partial charge < -0.3 is 14.7 Å². The van der Waals surface area contributed by atoms with Gasteiger partial charge in [0.1, 0.15) is 11.3 Å². The van der Waals surface area contributed by atoms with E-state index in [4.69, 9.17) is 4.74 Å². The number of H-pyrrole nitrogens is 1. The maximum atomic E-state index is 12.1. The highest BCUT2D eigenvalue weighted by atomic mass is 16.5. The van der Waals surface area contributed by atoms with Crippen molar-refractivity contribution in [3.8, 4) is 17.3 Å². The quantitative estimate of drug-likeness (QED) is 0.565. The maximum Gasteiger partial charge on any atom is 0.335 e. The number of rotatable bonds is 7. The molecule has 0 fully saturated rings. The zero-order chi connectivity index (χ0) is 18.4. The molecule has 0 saturated heterocycles. The summed E-state index contributed by atoms with van der Waals surface area (Å²) in [5, 5.41) is 10.4. The fourth-order valence-electron chi connectivity index (χ4n) is 2.26. The minimum absolute atomic E-state index is 0.0553. The molecule has 0 aliphatic carbocycles. The van der Waals surface area contributed by atoms with Gasteiger partial charge >= 0.3 is 5.69 Å². The van der Waals surface area contributed by atoms with E-state index in [1.165, 1.54) is 13.3 Å². The number of aromatic nitrogens is 2. The highest BCUT2D eigenvalue weighted by molar-refractivity contribution is 5.82. The third kappa shape index (κ3) is 4.57. The molecule has 0 saturated carbocycles. The maximum absolute atomic E-state index is 12.1. The zero-order valence-electron chi connectivity index (χ0n) is 14.5. The van der Waals surface area contributed by atoms with E-state index in [9.17, 15) is 14.7 Å². The van der Waals surface area contributed by atoms with Crippen molar-refractivity contribution in [2.24, 2.45) is 4.99 Å². The molecule has 0 unspecified atom stereocenters. The van der Waals surface area contributed by atoms with Gasteiger partial charge in [-0.15, -0.1) is 0 Å². The van der Waals surface area contributed by atoms with Crippen LogP contribution in [0.4, 0.5) is 0 Å². The molecule has 0 bridgehead atoms. The summed E-state index contributed by atoms with van der Waals surface area (Å²) in [6.07, 6.45) is 2.11. The average molecular weight is 346 g/mol. The summed E-state index contributed by atoms with van der Waals surface area (Å²) in [5.74, 6) is 0.165. The van der Waals surface area contributed by atoms with Crippen LogP contribution in [0.25, 0.3) is 5.69 Å². The lowest BCUT2D eigenvalue weighted by atomic mass is 10.2. The highest BCUT2D eigenvalue weighted by Gasteiger charge is 2.14. The van der Waals surface area contributed by atoms with Crippen molar-refractivity contribution >= 4 is 6.21 Å². The molecule has 8 nitrogen and oxygen atoms in total. The molecular formula is C17H22N4O4. The van der Waals surface area contributed by atoms with Gasteiger partial charge in [-0.05, 0) is 51.3 Å². The van der Waals surface area contributed by atoms with Crippen LogP contribution in [-0.4, -0.2) is 60.1 Å². The van der Waals surface area contributed by atoms with Crippen LogP contribution in [0.1, 0.15) is 12.0 Å². The number of nitrogens with one attached hydrogen (secondary N) is 1. The third-order valence-corrected chi connectivity index (χ3v) is 3.56. The van der Waals surface area contributed by atoms with Gasteiger partial charge in [-0.3, -0.25) is 14.8 Å². The third-order valence-electron chi connectivity index (χ3n) is 3.56. The number of aliphatic imine (C=N–C) groups is 1. The van der Waals surface area contributed by atoms with Gasteiger partial charge in [-0.1, -0.05) is 0 Å². The van der Waals surface area contributed by atoms with Gasteiger partial charge in [0.15, 0.2) is 0 Å². The number of hydrogen-bond acceptors (Lipinski definition) is 6. The molecule has 1 heterocycles. The molecular weight excluding hydrogens is 324 g/mol. The second-order valence-corrected chi connectivity index (χ2v) is 5.72. The van der Waals surface area contributed by atoms with Crippen molar-refractivity contribution in [2.75, 3.05) is 34.3 Å². The summed E-state index contributed by atoms with van der Waals surface area (Å²) in [5.41, 5.74) is -1.05. The smallest absolute Gasteiger partial charge is 0.335 e. The summed E-state index contributed by atoms with van der Waals surface area (Å²) in [7, 11) is 5.46. The highest BCUT2D eigenvalue weighted by Crippen LogP contribution is 2.18. The van der Waals surface area contributed by atoms with Crippen LogP contribution >= 0.6 is 0 Å².